The summed E-state index contributed by atoms with van der Waals surface area (Å²) in [6, 6.07) is 18.5. The zero-order chi connectivity index (χ0) is 27.4. The SMILES string of the molecule is Cc1ccc2cccc(OCc3c(Cl)ccc(N(C)C(=O)CNC(=O)c4ccccc4C(=O)O)c3Cl)c2n1. The number of benzene rings is 3. The molecule has 4 aromatic rings. The molecule has 194 valence electrons. The summed E-state index contributed by atoms with van der Waals surface area (Å²) >= 11 is 13.1. The number of nitrogens with zero attached hydrogens (tertiary/aromatic N) is 2. The van der Waals surface area contributed by atoms with Gasteiger partial charge in [0.15, 0.2) is 0 Å². The van der Waals surface area contributed by atoms with Crippen molar-refractivity contribution in [2.45, 2.75) is 13.5 Å². The molecule has 0 saturated carbocycles. The number of amides is 2. The van der Waals surface area contributed by atoms with Crippen LogP contribution in [0.2, 0.25) is 10.0 Å². The lowest BCUT2D eigenvalue weighted by Crippen LogP contribution is -2.38. The number of rotatable bonds is 8. The van der Waals surface area contributed by atoms with Crippen molar-refractivity contribution in [3.05, 3.63) is 99.2 Å². The maximum atomic E-state index is 12.9. The van der Waals surface area contributed by atoms with Gasteiger partial charge in [-0.05, 0) is 43.3 Å². The van der Waals surface area contributed by atoms with E-state index >= 15 is 0 Å². The second-order valence-corrected chi connectivity index (χ2v) is 9.20. The van der Waals surface area contributed by atoms with Crippen LogP contribution in [-0.4, -0.2) is 41.5 Å². The van der Waals surface area contributed by atoms with Crippen LogP contribution in [0.3, 0.4) is 0 Å². The molecule has 2 N–H and O–H groups in total. The second-order valence-electron chi connectivity index (χ2n) is 8.41. The number of likely N-dealkylation sites (N-methyl/N-ethyl adjacent to an activating group) is 1. The lowest BCUT2D eigenvalue weighted by atomic mass is 10.1. The average Bonchev–Trinajstić information content (AvgIpc) is 2.91. The van der Waals surface area contributed by atoms with Crippen molar-refractivity contribution in [3.63, 3.8) is 0 Å². The largest absolute Gasteiger partial charge is 0.487 e. The van der Waals surface area contributed by atoms with Crippen LogP contribution < -0.4 is 15.0 Å². The number of hydrogen-bond acceptors (Lipinski definition) is 5. The minimum Gasteiger partial charge on any atom is -0.487 e. The Morgan fingerprint density at radius 1 is 0.974 bits per heavy atom. The number of fused-ring (bicyclic) bond motifs is 1. The molecule has 0 atom stereocenters. The van der Waals surface area contributed by atoms with Crippen molar-refractivity contribution >= 4 is 57.6 Å². The number of nitrogens with one attached hydrogen (secondary N) is 1. The zero-order valence-electron chi connectivity index (χ0n) is 20.5. The highest BCUT2D eigenvalue weighted by Gasteiger charge is 2.21. The van der Waals surface area contributed by atoms with Gasteiger partial charge in [0.2, 0.25) is 5.91 Å². The molecule has 0 aliphatic heterocycles. The molecule has 38 heavy (non-hydrogen) atoms. The first kappa shape index (κ1) is 26.9. The zero-order valence-corrected chi connectivity index (χ0v) is 22.0. The Bertz CT molecular complexity index is 1560. The molecule has 8 nitrogen and oxygen atoms in total. The highest BCUT2D eigenvalue weighted by molar-refractivity contribution is 6.38. The molecule has 4 rings (SSSR count). The number of carboxylic acids is 1. The fourth-order valence-corrected chi connectivity index (χ4v) is 4.44. The van der Waals surface area contributed by atoms with E-state index in [0.717, 1.165) is 11.1 Å². The first-order valence-corrected chi connectivity index (χ1v) is 12.3. The van der Waals surface area contributed by atoms with Crippen LogP contribution >= 0.6 is 23.2 Å². The first-order chi connectivity index (χ1) is 18.2. The van der Waals surface area contributed by atoms with Crippen molar-refractivity contribution in [1.29, 1.82) is 0 Å². The topological polar surface area (TPSA) is 109 Å². The van der Waals surface area contributed by atoms with Gasteiger partial charge in [-0.3, -0.25) is 9.59 Å². The van der Waals surface area contributed by atoms with Gasteiger partial charge in [0.1, 0.15) is 17.9 Å². The predicted octanol–water partition coefficient (Wildman–Crippen LogP) is 5.52. The maximum absolute atomic E-state index is 12.9. The Morgan fingerprint density at radius 3 is 2.45 bits per heavy atom. The van der Waals surface area contributed by atoms with Crippen molar-refractivity contribution in [2.75, 3.05) is 18.5 Å². The Hall–Kier alpha value is -4.14. The summed E-state index contributed by atoms with van der Waals surface area (Å²) < 4.78 is 6.04. The van der Waals surface area contributed by atoms with E-state index in [-0.39, 0.29) is 29.3 Å². The third-order valence-corrected chi connectivity index (χ3v) is 6.67. The van der Waals surface area contributed by atoms with Crippen molar-refractivity contribution < 1.29 is 24.2 Å². The first-order valence-electron chi connectivity index (χ1n) is 11.5. The Labute approximate surface area is 228 Å². The number of halogens is 2. The van der Waals surface area contributed by atoms with E-state index in [9.17, 15) is 19.5 Å². The molecule has 2 amide bonds. The van der Waals surface area contributed by atoms with Crippen LogP contribution in [-0.2, 0) is 11.4 Å². The smallest absolute Gasteiger partial charge is 0.336 e. The van der Waals surface area contributed by atoms with Gasteiger partial charge >= 0.3 is 5.97 Å². The fraction of sp³-hybridized carbons (Fsp3) is 0.143. The Balaban J connectivity index is 1.49. The Kier molecular flexibility index (Phi) is 8.14. The number of carbonyl (C=O) groups excluding carboxylic acids is 2. The predicted molar refractivity (Wildman–Crippen MR) is 146 cm³/mol. The van der Waals surface area contributed by atoms with E-state index in [0.29, 0.717) is 27.5 Å². The molecule has 0 saturated heterocycles. The summed E-state index contributed by atoms with van der Waals surface area (Å²) in [5, 5.41) is 13.3. The number of aromatic carboxylic acids is 1. The van der Waals surface area contributed by atoms with Crippen molar-refractivity contribution in [3.8, 4) is 5.75 Å². The molecular weight excluding hydrogens is 529 g/mol. The highest BCUT2D eigenvalue weighted by atomic mass is 35.5. The van der Waals surface area contributed by atoms with E-state index in [4.69, 9.17) is 27.9 Å². The van der Waals surface area contributed by atoms with Gasteiger partial charge in [-0.1, -0.05) is 53.5 Å². The molecule has 0 radical (unpaired) electrons. The molecule has 3 aromatic carbocycles. The summed E-state index contributed by atoms with van der Waals surface area (Å²) in [4.78, 5) is 42.6. The van der Waals surface area contributed by atoms with Gasteiger partial charge in [-0.2, -0.15) is 0 Å². The molecule has 1 aromatic heterocycles. The monoisotopic (exact) mass is 551 g/mol. The number of carboxylic acid groups (broad SMARTS) is 1. The van der Waals surface area contributed by atoms with E-state index in [1.807, 2.05) is 31.2 Å². The van der Waals surface area contributed by atoms with Crippen LogP contribution in [0.4, 0.5) is 5.69 Å². The van der Waals surface area contributed by atoms with Crippen LogP contribution in [0, 0.1) is 6.92 Å². The highest BCUT2D eigenvalue weighted by Crippen LogP contribution is 2.35. The van der Waals surface area contributed by atoms with Gasteiger partial charge in [0.05, 0.1) is 28.4 Å². The quantitative estimate of drug-likeness (QED) is 0.298. The molecule has 0 fully saturated rings. The minimum atomic E-state index is -1.24. The van der Waals surface area contributed by atoms with E-state index < -0.39 is 17.8 Å². The molecule has 0 unspecified atom stereocenters. The van der Waals surface area contributed by atoms with Gasteiger partial charge in [-0.25, -0.2) is 9.78 Å². The van der Waals surface area contributed by atoms with Gasteiger partial charge in [-0.15, -0.1) is 0 Å². The third kappa shape index (κ3) is 5.72. The molecule has 0 spiro atoms. The number of aryl methyl sites for hydroxylation is 1. The maximum Gasteiger partial charge on any atom is 0.336 e. The lowest BCUT2D eigenvalue weighted by molar-refractivity contribution is -0.117. The van der Waals surface area contributed by atoms with E-state index in [2.05, 4.69) is 10.3 Å². The number of aromatic nitrogens is 1. The molecule has 1 heterocycles. The molecule has 0 aliphatic rings. The standard InChI is InChI=1S/C28H23Cl2N3O5/c1-16-10-11-17-6-5-9-23(26(17)32-16)38-15-20-21(29)12-13-22(25(20)30)33(2)24(34)14-31-27(35)18-7-3-4-8-19(18)28(36)37/h3-13H,14-15H2,1-2H3,(H,31,35)(H,36,37). The third-order valence-electron chi connectivity index (χ3n) is 5.90. The minimum absolute atomic E-state index is 0.0327. The number of anilines is 1. The Morgan fingerprint density at radius 2 is 1.71 bits per heavy atom. The van der Waals surface area contributed by atoms with Gasteiger partial charge in [0.25, 0.3) is 5.91 Å². The van der Waals surface area contributed by atoms with E-state index in [1.165, 1.54) is 30.1 Å². The summed E-state index contributed by atoms with van der Waals surface area (Å²) in [6.07, 6.45) is 0. The average molecular weight is 552 g/mol. The van der Waals surface area contributed by atoms with Crippen LogP contribution in [0.15, 0.2) is 66.7 Å². The van der Waals surface area contributed by atoms with Crippen LogP contribution in [0.25, 0.3) is 10.9 Å². The normalized spacial score (nSPS) is 10.7. The van der Waals surface area contributed by atoms with Crippen LogP contribution in [0.1, 0.15) is 32.0 Å². The molecule has 10 heteroatoms. The summed E-state index contributed by atoms with van der Waals surface area (Å²) in [6.45, 7) is 1.55. The fourth-order valence-electron chi connectivity index (χ4n) is 3.83. The van der Waals surface area contributed by atoms with Crippen molar-refractivity contribution in [2.24, 2.45) is 0 Å². The summed E-state index contributed by atoms with van der Waals surface area (Å²) in [5.41, 5.74) is 2.21. The number of ether oxygens (including phenoxy) is 1. The van der Waals surface area contributed by atoms with Gasteiger partial charge < -0.3 is 20.1 Å². The molecule has 0 bridgehead atoms. The second kappa shape index (κ2) is 11.5. The lowest BCUT2D eigenvalue weighted by Gasteiger charge is -2.21. The van der Waals surface area contributed by atoms with Crippen molar-refractivity contribution in [1.82, 2.24) is 10.3 Å². The number of pyridine rings is 1. The number of para-hydroxylation sites is 1. The molecule has 0 aliphatic carbocycles. The number of carbonyl (C=O) groups is 3. The number of hydrogen-bond donors (Lipinski definition) is 2. The molecular formula is C28H23Cl2N3O5. The van der Waals surface area contributed by atoms with E-state index in [1.54, 1.807) is 24.3 Å². The summed E-state index contributed by atoms with van der Waals surface area (Å²) in [5.74, 6) is -1.83. The summed E-state index contributed by atoms with van der Waals surface area (Å²) in [7, 11) is 1.51. The van der Waals surface area contributed by atoms with Gasteiger partial charge in [0, 0.05) is 28.7 Å². The van der Waals surface area contributed by atoms with Crippen LogP contribution in [0.5, 0.6) is 5.75 Å².